The molecule has 0 aromatic carbocycles. The maximum Gasteiger partial charge on any atom is 0.222 e. The molecule has 192 valence electrons. The van der Waals surface area contributed by atoms with E-state index in [0.717, 1.165) is 43.5 Å². The fourth-order valence-corrected chi connectivity index (χ4v) is 4.67. The molecule has 2 rings (SSSR count). The van der Waals surface area contributed by atoms with Crippen LogP contribution in [0.3, 0.4) is 0 Å². The van der Waals surface area contributed by atoms with Crippen LogP contribution in [0, 0.1) is 31.6 Å². The first-order valence-corrected chi connectivity index (χ1v) is 11.5. The normalized spacial score (nSPS) is 18.9. The highest BCUT2D eigenvalue weighted by molar-refractivity contribution is 8.93. The Labute approximate surface area is 219 Å². The van der Waals surface area contributed by atoms with Gasteiger partial charge in [-0.1, -0.05) is 33.1 Å². The maximum absolute atomic E-state index is 13.7. The lowest BCUT2D eigenvalue weighted by Crippen LogP contribution is -2.59. The molecule has 1 aromatic heterocycles. The first kappa shape index (κ1) is 32.2. The first-order valence-electron chi connectivity index (χ1n) is 11.5. The average molecular weight is 597 g/mol. The molecule has 10 heteroatoms. The molecule has 0 radical (unpaired) electrons. The Morgan fingerprint density at radius 2 is 1.82 bits per heavy atom. The average Bonchev–Trinajstić information content (AvgIpc) is 3.05. The number of rotatable bonds is 10. The van der Waals surface area contributed by atoms with Crippen molar-refractivity contribution in [3.05, 3.63) is 17.5 Å². The van der Waals surface area contributed by atoms with E-state index in [1.165, 1.54) is 4.68 Å². The van der Waals surface area contributed by atoms with Crippen LogP contribution in [0.5, 0.6) is 0 Å². The second-order valence-corrected chi connectivity index (χ2v) is 9.82. The maximum atomic E-state index is 13.7. The third kappa shape index (κ3) is 8.42. The van der Waals surface area contributed by atoms with Crippen molar-refractivity contribution in [2.24, 2.45) is 29.2 Å². The molecule has 1 heterocycles. The summed E-state index contributed by atoms with van der Waals surface area (Å²) in [5.41, 5.74) is 13.2. The second-order valence-electron chi connectivity index (χ2n) is 9.82. The molecule has 1 amide bonds. The lowest BCUT2D eigenvalue weighted by molar-refractivity contribution is -0.138. The predicted octanol–water partition coefficient (Wildman–Crippen LogP) is 2.90. The van der Waals surface area contributed by atoms with Crippen LogP contribution in [0.15, 0.2) is 6.07 Å². The third-order valence-corrected chi connectivity index (χ3v) is 6.38. The van der Waals surface area contributed by atoms with Gasteiger partial charge < -0.3 is 21.9 Å². The molecule has 33 heavy (non-hydrogen) atoms. The predicted molar refractivity (Wildman–Crippen MR) is 142 cm³/mol. The van der Waals surface area contributed by atoms with Crippen LogP contribution >= 0.6 is 34.0 Å². The number of aliphatic hydroxyl groups excluding tert-OH is 1. The number of aromatic nitrogens is 2. The van der Waals surface area contributed by atoms with E-state index in [4.69, 9.17) is 11.5 Å². The molecule has 1 aromatic rings. The number of nitrogens with one attached hydrogen (secondary N) is 1. The summed E-state index contributed by atoms with van der Waals surface area (Å²) in [7, 11) is 0. The van der Waals surface area contributed by atoms with Gasteiger partial charge in [0.15, 0.2) is 11.4 Å². The number of ketones is 1. The molecule has 8 nitrogen and oxygen atoms in total. The van der Waals surface area contributed by atoms with E-state index in [1.807, 2.05) is 33.8 Å². The molecule has 3 unspecified atom stereocenters. The smallest absolute Gasteiger partial charge is 0.222 e. The Morgan fingerprint density at radius 3 is 2.30 bits per heavy atom. The summed E-state index contributed by atoms with van der Waals surface area (Å²) in [5.74, 6) is -1.22. The third-order valence-electron chi connectivity index (χ3n) is 6.38. The number of aryl methyl sites for hydroxylation is 2. The minimum atomic E-state index is -1.48. The van der Waals surface area contributed by atoms with Crippen LogP contribution in [0.2, 0.25) is 0 Å². The number of halogens is 2. The van der Waals surface area contributed by atoms with Gasteiger partial charge in [0.2, 0.25) is 5.91 Å². The van der Waals surface area contributed by atoms with Gasteiger partial charge >= 0.3 is 0 Å². The zero-order chi connectivity index (χ0) is 23.3. The van der Waals surface area contributed by atoms with Crippen molar-refractivity contribution in [2.75, 3.05) is 6.54 Å². The minimum Gasteiger partial charge on any atom is -0.392 e. The highest BCUT2D eigenvalue weighted by atomic mass is 79.9. The van der Waals surface area contributed by atoms with E-state index in [-0.39, 0.29) is 58.0 Å². The highest BCUT2D eigenvalue weighted by Gasteiger charge is 2.45. The van der Waals surface area contributed by atoms with Crippen molar-refractivity contribution in [3.8, 4) is 0 Å². The van der Waals surface area contributed by atoms with Crippen molar-refractivity contribution < 1.29 is 14.7 Å². The Hall–Kier alpha value is -0.810. The fourth-order valence-electron chi connectivity index (χ4n) is 4.67. The number of carbonyl (C=O) groups is 2. The monoisotopic (exact) mass is 595 g/mol. The van der Waals surface area contributed by atoms with Crippen molar-refractivity contribution in [3.63, 3.8) is 0 Å². The zero-order valence-electron chi connectivity index (χ0n) is 20.5. The lowest BCUT2D eigenvalue weighted by Gasteiger charge is -2.38. The first-order chi connectivity index (χ1) is 14.4. The Bertz CT molecular complexity index is 763. The Kier molecular flexibility index (Phi) is 13.6. The molecule has 0 bridgehead atoms. The van der Waals surface area contributed by atoms with Gasteiger partial charge in [-0.25, -0.2) is 4.68 Å². The topological polar surface area (TPSA) is 136 Å². The number of nitrogens with zero attached hydrogens (tertiary/aromatic N) is 2. The van der Waals surface area contributed by atoms with E-state index in [1.54, 1.807) is 6.92 Å². The molecule has 1 fully saturated rings. The molecule has 0 saturated heterocycles. The van der Waals surface area contributed by atoms with E-state index >= 15 is 0 Å². The number of Topliss-reactive ketones (excluding diaryl/α,β-unsaturated/α-hetero) is 1. The molecule has 4 atom stereocenters. The lowest BCUT2D eigenvalue weighted by atomic mass is 9.73. The Balaban J connectivity index is 0.00000512. The second kappa shape index (κ2) is 13.9. The molecule has 6 N–H and O–H groups in total. The molecular weight excluding hydrogens is 554 g/mol. The van der Waals surface area contributed by atoms with Crippen LogP contribution < -0.4 is 16.8 Å². The van der Waals surface area contributed by atoms with Crippen LogP contribution in [0.25, 0.3) is 0 Å². The summed E-state index contributed by atoms with van der Waals surface area (Å²) in [6, 6.07) is 1.28. The largest absolute Gasteiger partial charge is 0.392 e. The fraction of sp³-hybridized carbons (Fsp3) is 0.783. The van der Waals surface area contributed by atoms with Crippen LogP contribution in [0.1, 0.15) is 70.7 Å². The molecule has 1 aliphatic carbocycles. The van der Waals surface area contributed by atoms with Gasteiger partial charge in [-0.2, -0.15) is 5.10 Å². The number of hydrogen-bond acceptors (Lipinski definition) is 6. The van der Waals surface area contributed by atoms with Gasteiger partial charge in [-0.05, 0) is 51.5 Å². The van der Waals surface area contributed by atoms with Gasteiger partial charge in [-0.15, -0.1) is 34.0 Å². The summed E-state index contributed by atoms with van der Waals surface area (Å²) in [6.45, 7) is 9.78. The van der Waals surface area contributed by atoms with Gasteiger partial charge in [-0.3, -0.25) is 9.59 Å². The molecule has 1 saturated carbocycles. The van der Waals surface area contributed by atoms with E-state index in [2.05, 4.69) is 10.4 Å². The number of carbonyl (C=O) groups excluding carboxylic acids is 2. The summed E-state index contributed by atoms with van der Waals surface area (Å²) in [6.07, 6.45) is 3.70. The van der Waals surface area contributed by atoms with E-state index in [0.29, 0.717) is 12.5 Å². The van der Waals surface area contributed by atoms with E-state index in [9.17, 15) is 14.7 Å². The summed E-state index contributed by atoms with van der Waals surface area (Å²) >= 11 is 0. The minimum absolute atomic E-state index is 0. The van der Waals surface area contributed by atoms with Crippen LogP contribution in [-0.2, 0) is 15.3 Å². The molecule has 0 spiro atoms. The van der Waals surface area contributed by atoms with Crippen molar-refractivity contribution in [2.45, 2.75) is 91.0 Å². The van der Waals surface area contributed by atoms with Gasteiger partial charge in [0.05, 0.1) is 24.1 Å². The van der Waals surface area contributed by atoms with Crippen molar-refractivity contribution in [1.82, 2.24) is 15.1 Å². The Morgan fingerprint density at radius 1 is 1.24 bits per heavy atom. The quantitative estimate of drug-likeness (QED) is 0.328. The highest BCUT2D eigenvalue weighted by Crippen LogP contribution is 2.33. The number of amides is 1. The van der Waals surface area contributed by atoms with Crippen LogP contribution in [-0.4, -0.2) is 45.3 Å². The number of nitrogens with two attached hydrogens (primary N) is 2. The molecule has 1 aliphatic rings. The molecule has 0 aliphatic heterocycles. The van der Waals surface area contributed by atoms with Gasteiger partial charge in [0.25, 0.3) is 0 Å². The van der Waals surface area contributed by atoms with Crippen LogP contribution in [0.4, 0.5) is 0 Å². The number of hydrogen-bond donors (Lipinski definition) is 4. The van der Waals surface area contributed by atoms with Crippen molar-refractivity contribution >= 4 is 45.7 Å². The van der Waals surface area contributed by atoms with Gasteiger partial charge in [0, 0.05) is 18.3 Å². The standard InChI is InChI=1S/C23H41N5O3.2BrH/c1-14(2)13-26-19(30)12-18(29)20(21(24)17-9-7-6-8-10-17)22(31)23(5,25)28-16(4)11-15(3)27-28;;/h11,14,17-18,20-21,29H,6-10,12-13,24-25H2,1-5H3,(H,26,30);2*1H/t18?,20?,21?,23-;;/m0../s1. The van der Waals surface area contributed by atoms with Crippen molar-refractivity contribution in [1.29, 1.82) is 0 Å². The zero-order valence-corrected chi connectivity index (χ0v) is 24.0. The summed E-state index contributed by atoms with van der Waals surface area (Å²) in [5, 5.41) is 18.3. The van der Waals surface area contributed by atoms with Gasteiger partial charge in [0.1, 0.15) is 0 Å². The molecular formula is C23H43Br2N5O3. The summed E-state index contributed by atoms with van der Waals surface area (Å²) in [4.78, 5) is 26.1. The number of aliphatic hydroxyl groups is 1. The summed E-state index contributed by atoms with van der Waals surface area (Å²) < 4.78 is 1.50. The SMILES string of the molecule is Br.Br.Cc1cc(C)n([C@](C)(N)C(=O)C(C(O)CC(=O)NCC(C)C)C(N)C2CCCCC2)n1. The van der Waals surface area contributed by atoms with E-state index < -0.39 is 23.7 Å².